The van der Waals surface area contributed by atoms with Gasteiger partial charge in [-0.25, -0.2) is 18.2 Å². The first-order chi connectivity index (χ1) is 19.7. The van der Waals surface area contributed by atoms with Crippen LogP contribution in [0.5, 0.6) is 0 Å². The summed E-state index contributed by atoms with van der Waals surface area (Å²) in [5.74, 6) is -2.28. The SMILES string of the molecule is CO/N=C(\C(=O)NC1C(=O)N2C(C(=O)O)=C(CSc3cc[n+](CC(C)=O)cc3)OCC12)c1csc(N)n1.O=S(=O)([O-])O. The zero-order valence-electron chi connectivity index (χ0n) is 21.8. The molecule has 4 heterocycles. The molecule has 2 unspecified atom stereocenters. The van der Waals surface area contributed by atoms with Crippen LogP contribution >= 0.6 is 23.1 Å². The van der Waals surface area contributed by atoms with Gasteiger partial charge in [0.2, 0.25) is 16.9 Å². The third-order valence-corrected chi connectivity index (χ3v) is 7.13. The average Bonchev–Trinajstić information content (AvgIpc) is 3.33. The number of thioether (sulfide) groups is 1. The number of nitrogens with two attached hydrogens (primary N) is 1. The van der Waals surface area contributed by atoms with Crippen LogP contribution in [0.25, 0.3) is 0 Å². The number of pyridine rings is 1. The van der Waals surface area contributed by atoms with Gasteiger partial charge in [0.05, 0.1) is 5.75 Å². The van der Waals surface area contributed by atoms with Gasteiger partial charge in [-0.05, 0) is 0 Å². The first kappa shape index (κ1) is 32.4. The number of carbonyl (C=O) groups is 4. The van der Waals surface area contributed by atoms with Crippen LogP contribution in [-0.2, 0) is 45.7 Å². The number of thiazole rings is 1. The molecular formula is C22H24N6O11S3. The van der Waals surface area contributed by atoms with Crippen LogP contribution in [0.15, 0.2) is 51.4 Å². The molecule has 2 aliphatic rings. The highest BCUT2D eigenvalue weighted by molar-refractivity contribution is 7.99. The van der Waals surface area contributed by atoms with Crippen molar-refractivity contribution in [3.8, 4) is 0 Å². The predicted octanol–water partition coefficient (Wildman–Crippen LogP) is -1.23. The lowest BCUT2D eigenvalue weighted by molar-refractivity contribution is -0.684. The van der Waals surface area contributed by atoms with Gasteiger partial charge in [0.1, 0.15) is 37.3 Å². The van der Waals surface area contributed by atoms with Crippen LogP contribution in [0.1, 0.15) is 12.6 Å². The van der Waals surface area contributed by atoms with E-state index in [2.05, 4.69) is 15.5 Å². The average molecular weight is 645 g/mol. The Hall–Kier alpha value is -4.11. The third kappa shape index (κ3) is 8.45. The summed E-state index contributed by atoms with van der Waals surface area (Å²) in [5, 5.41) is 17.8. The first-order valence-electron chi connectivity index (χ1n) is 11.5. The van der Waals surface area contributed by atoms with E-state index in [0.717, 1.165) is 21.1 Å². The Morgan fingerprint density at radius 1 is 1.38 bits per heavy atom. The summed E-state index contributed by atoms with van der Waals surface area (Å²) in [4.78, 5) is 59.8. The smallest absolute Gasteiger partial charge is 0.356 e. The van der Waals surface area contributed by atoms with Gasteiger partial charge in [0, 0.05) is 29.3 Å². The molecule has 2 amide bonds. The maximum absolute atomic E-state index is 12.9. The minimum atomic E-state index is -4.92. The molecule has 42 heavy (non-hydrogen) atoms. The standard InChI is InChI=1S/C22H22N6O7S2.H2O4S/c1-11(29)7-27-5-3-12(4-6-27)36-10-15-18(21(32)33)28-14(8-35-15)17(20(28)31)25-19(30)16(26-34-2)13-9-37-22(23)24-13;1-5(2,3)4/h3-6,9,14,17H,7-8,10H2,1-2H3,(H3-,23,24,25,30,32,33);(H2,1,2,3,4)/b26-16-;. The molecule has 0 saturated carbocycles. The van der Waals surface area contributed by atoms with Crippen molar-refractivity contribution in [1.29, 1.82) is 0 Å². The summed E-state index contributed by atoms with van der Waals surface area (Å²) in [6.07, 6.45) is 3.50. The van der Waals surface area contributed by atoms with Crippen molar-refractivity contribution in [2.75, 3.05) is 25.2 Å². The number of β-lactam (4-membered cyclic amide) rings is 1. The number of hydrogen-bond donors (Lipinski definition) is 4. The van der Waals surface area contributed by atoms with Gasteiger partial charge in [-0.2, -0.15) is 4.57 Å². The number of ketones is 1. The number of aliphatic carboxylic acids is 1. The molecule has 0 radical (unpaired) electrons. The van der Waals surface area contributed by atoms with Crippen LogP contribution in [0.4, 0.5) is 5.13 Å². The number of rotatable bonds is 10. The van der Waals surface area contributed by atoms with Gasteiger partial charge in [0.25, 0.3) is 11.8 Å². The lowest BCUT2D eigenvalue weighted by Crippen LogP contribution is -2.73. The molecule has 20 heteroatoms. The fourth-order valence-corrected chi connectivity index (χ4v) is 5.20. The fraction of sp³-hybridized carbons (Fsp3) is 0.318. The van der Waals surface area contributed by atoms with Crippen LogP contribution in [0.3, 0.4) is 0 Å². The van der Waals surface area contributed by atoms with E-state index in [9.17, 15) is 24.3 Å². The Morgan fingerprint density at radius 2 is 2.02 bits per heavy atom. The zero-order valence-corrected chi connectivity index (χ0v) is 24.3. The monoisotopic (exact) mass is 644 g/mol. The van der Waals surface area contributed by atoms with Crippen molar-refractivity contribution in [3.63, 3.8) is 0 Å². The van der Waals surface area contributed by atoms with Crippen molar-refractivity contribution in [2.24, 2.45) is 5.16 Å². The zero-order chi connectivity index (χ0) is 31.2. The van der Waals surface area contributed by atoms with Crippen LogP contribution in [0.2, 0.25) is 0 Å². The highest BCUT2D eigenvalue weighted by Gasteiger charge is 2.55. The number of hydrogen-bond acceptors (Lipinski definition) is 14. The minimum absolute atomic E-state index is 0.00281. The number of oxime groups is 1. The maximum atomic E-state index is 12.9. The normalized spacial score (nSPS) is 18.1. The molecule has 0 spiro atoms. The van der Waals surface area contributed by atoms with Crippen molar-refractivity contribution >= 4 is 67.9 Å². The Balaban J connectivity index is 0.000000892. The van der Waals surface area contributed by atoms with Gasteiger partial charge in [-0.1, -0.05) is 5.16 Å². The summed E-state index contributed by atoms with van der Waals surface area (Å²) < 4.78 is 40.3. The molecule has 1 fully saturated rings. The molecule has 1 saturated heterocycles. The molecule has 0 aliphatic carbocycles. The van der Waals surface area contributed by atoms with Gasteiger partial charge in [0.15, 0.2) is 34.7 Å². The molecule has 4 rings (SSSR count). The molecule has 5 N–H and O–H groups in total. The molecule has 0 bridgehead atoms. The Labute approximate surface area is 246 Å². The van der Waals surface area contributed by atoms with E-state index < -0.39 is 40.3 Å². The van der Waals surface area contributed by atoms with E-state index in [1.54, 1.807) is 29.1 Å². The third-order valence-electron chi connectivity index (χ3n) is 5.44. The molecule has 2 aromatic heterocycles. The van der Waals surface area contributed by atoms with Gasteiger partial charge in [-0.15, -0.1) is 23.1 Å². The second kappa shape index (κ2) is 13.7. The number of ether oxygens (including phenoxy) is 1. The van der Waals surface area contributed by atoms with E-state index in [-0.39, 0.29) is 52.7 Å². The molecule has 0 aromatic carbocycles. The summed E-state index contributed by atoms with van der Waals surface area (Å²) in [5.41, 5.74) is 5.38. The van der Waals surface area contributed by atoms with Gasteiger partial charge < -0.3 is 30.3 Å². The topological polar surface area (TPSA) is 255 Å². The lowest BCUT2D eigenvalue weighted by atomic mass is 9.92. The maximum Gasteiger partial charge on any atom is 0.356 e. The Bertz CT molecular complexity index is 1530. The molecular weight excluding hydrogens is 620 g/mol. The van der Waals surface area contributed by atoms with E-state index >= 15 is 0 Å². The number of amides is 2. The molecule has 2 aromatic rings. The molecule has 2 aliphatic heterocycles. The number of aromatic nitrogens is 2. The van der Waals surface area contributed by atoms with E-state index in [1.807, 2.05) is 0 Å². The molecule has 2 atom stereocenters. The van der Waals surface area contributed by atoms with Crippen molar-refractivity contribution < 1.29 is 55.9 Å². The van der Waals surface area contributed by atoms with E-state index in [4.69, 9.17) is 32.8 Å². The highest BCUT2D eigenvalue weighted by atomic mass is 32.3. The number of anilines is 1. The number of fused-ring (bicyclic) bond motifs is 1. The number of Topliss-reactive ketones (excluding diaryl/α,β-unsaturated/α-hetero) is 1. The predicted molar refractivity (Wildman–Crippen MR) is 144 cm³/mol. The van der Waals surface area contributed by atoms with E-state index in [0.29, 0.717) is 0 Å². The Morgan fingerprint density at radius 3 is 2.55 bits per heavy atom. The van der Waals surface area contributed by atoms with Crippen LogP contribution in [-0.4, -0.2) is 93.3 Å². The van der Waals surface area contributed by atoms with Crippen molar-refractivity contribution in [3.05, 3.63) is 47.1 Å². The van der Waals surface area contributed by atoms with Gasteiger partial charge >= 0.3 is 5.97 Å². The number of nitrogen functional groups attached to an aromatic ring is 1. The number of carboxylic acids is 1. The molecule has 226 valence electrons. The number of carbonyl (C=O) groups excluding carboxylic acids is 3. The number of nitrogens with one attached hydrogen (secondary N) is 1. The van der Waals surface area contributed by atoms with E-state index in [1.165, 1.54) is 31.2 Å². The minimum Gasteiger partial charge on any atom is -0.726 e. The molecule has 17 nitrogen and oxygen atoms in total. The number of nitrogens with zero attached hydrogens (tertiary/aromatic N) is 4. The number of carboxylic acid groups (broad SMARTS) is 1. The second-order valence-electron chi connectivity index (χ2n) is 8.43. The van der Waals surface area contributed by atoms with Crippen LogP contribution < -0.4 is 15.6 Å². The van der Waals surface area contributed by atoms with Crippen molar-refractivity contribution in [2.45, 2.75) is 30.4 Å². The fourth-order valence-electron chi connectivity index (χ4n) is 3.82. The van der Waals surface area contributed by atoms with Crippen molar-refractivity contribution in [1.82, 2.24) is 15.2 Å². The summed E-state index contributed by atoms with van der Waals surface area (Å²) in [6.45, 7) is 1.76. The Kier molecular flexibility index (Phi) is 10.6. The van der Waals surface area contributed by atoms with Gasteiger partial charge in [-0.3, -0.25) is 23.8 Å². The van der Waals surface area contributed by atoms with Crippen LogP contribution in [0, 0.1) is 0 Å². The summed E-state index contributed by atoms with van der Waals surface area (Å²) in [6, 6.07) is 1.88. The summed E-state index contributed by atoms with van der Waals surface area (Å²) in [7, 11) is -3.66. The summed E-state index contributed by atoms with van der Waals surface area (Å²) >= 11 is 2.44. The quantitative estimate of drug-likeness (QED) is 0.0449. The second-order valence-corrected chi connectivity index (χ2v) is 11.2. The highest BCUT2D eigenvalue weighted by Crippen LogP contribution is 2.35. The largest absolute Gasteiger partial charge is 0.726 e. The first-order valence-corrected chi connectivity index (χ1v) is 14.8. The lowest BCUT2D eigenvalue weighted by Gasteiger charge is -2.49.